The molecule has 1 fully saturated rings. The maximum atomic E-state index is 13.8. The third-order valence-electron chi connectivity index (χ3n) is 5.96. The number of aromatic nitrogens is 1. The Morgan fingerprint density at radius 3 is 2.65 bits per heavy atom. The van der Waals surface area contributed by atoms with Crippen molar-refractivity contribution in [3.05, 3.63) is 77.0 Å². The van der Waals surface area contributed by atoms with Gasteiger partial charge in [0.25, 0.3) is 0 Å². The highest BCUT2D eigenvalue weighted by atomic mass is 35.5. The molecule has 34 heavy (non-hydrogen) atoms. The van der Waals surface area contributed by atoms with Gasteiger partial charge in [-0.15, -0.1) is 12.4 Å². The Balaban J connectivity index is 0.00000274. The zero-order chi connectivity index (χ0) is 22.8. The number of nitrogens with zero attached hydrogens (tertiary/aromatic N) is 3. The Hall–Kier alpha value is -3.49. The van der Waals surface area contributed by atoms with Crippen LogP contribution in [0.2, 0.25) is 0 Å². The highest BCUT2D eigenvalue weighted by Crippen LogP contribution is 2.26. The number of rotatable bonds is 5. The van der Waals surface area contributed by atoms with Gasteiger partial charge in [-0.3, -0.25) is 9.69 Å². The lowest BCUT2D eigenvalue weighted by Crippen LogP contribution is -2.47. The molecule has 1 aliphatic heterocycles. The third-order valence-corrected chi connectivity index (χ3v) is 5.96. The number of hydrogen-bond donors (Lipinski definition) is 1. The van der Waals surface area contributed by atoms with Gasteiger partial charge in [-0.2, -0.15) is 0 Å². The molecule has 176 valence electrons. The summed E-state index contributed by atoms with van der Waals surface area (Å²) >= 11 is 0. The van der Waals surface area contributed by atoms with E-state index in [1.807, 2.05) is 12.1 Å². The molecule has 0 bridgehead atoms. The van der Waals surface area contributed by atoms with E-state index in [2.05, 4.69) is 20.1 Å². The highest BCUT2D eigenvalue weighted by Gasteiger charge is 2.20. The molecule has 1 saturated heterocycles. The molecule has 0 spiro atoms. The van der Waals surface area contributed by atoms with Crippen molar-refractivity contribution >= 4 is 51.6 Å². The number of amides is 1. The van der Waals surface area contributed by atoms with E-state index in [0.717, 1.165) is 42.8 Å². The Labute approximate surface area is 201 Å². The molecule has 1 amide bonds. The molecule has 1 N–H and O–H groups in total. The van der Waals surface area contributed by atoms with Crippen LogP contribution in [0.4, 0.5) is 15.9 Å². The summed E-state index contributed by atoms with van der Waals surface area (Å²) in [7, 11) is 0. The number of fused-ring (bicyclic) bond motifs is 2. The smallest absolute Gasteiger partial charge is 0.338 e. The molecule has 4 aromatic rings. The molecular weight excluding hydrogens is 459 g/mol. The van der Waals surface area contributed by atoms with Gasteiger partial charge in [0.2, 0.25) is 5.91 Å². The van der Waals surface area contributed by atoms with Crippen molar-refractivity contribution < 1.29 is 13.6 Å². The topological polar surface area (TPSA) is 78.7 Å². The number of nitrogens with one attached hydrogen (secondary N) is 1. The summed E-state index contributed by atoms with van der Waals surface area (Å²) in [5, 5.41) is 5.31. The summed E-state index contributed by atoms with van der Waals surface area (Å²) < 4.78 is 18.9. The molecule has 1 aliphatic rings. The first-order valence-corrected chi connectivity index (χ1v) is 10.9. The molecule has 3 heterocycles. The molecule has 0 unspecified atom stereocenters. The molecule has 0 saturated carbocycles. The number of benzene rings is 2. The number of carbonyl (C=O) groups excluding carboxylic acids is 1. The number of hydrogen-bond acceptors (Lipinski definition) is 6. The molecule has 2 aromatic heterocycles. The zero-order valence-electron chi connectivity index (χ0n) is 18.4. The second kappa shape index (κ2) is 10.2. The molecule has 2 aromatic carbocycles. The van der Waals surface area contributed by atoms with Crippen LogP contribution in [-0.4, -0.2) is 48.5 Å². The number of pyridine rings is 1. The standard InChI is InChI=1S/C25H23FN4O3.ClH/c26-18-6-5-17-7-9-27-25(20(17)15-18)30-13-11-29(12-14-30)10-8-23(31)28-21-16-24(32)33-22-4-2-1-3-19(21)22;/h1-7,9,15-16H,8,10-14H2,(H,28,31);1H. The average Bonchev–Trinajstić information content (AvgIpc) is 2.82. The van der Waals surface area contributed by atoms with Crippen LogP contribution in [0.15, 0.2) is 70.0 Å². The first-order valence-electron chi connectivity index (χ1n) is 10.9. The number of piperazine rings is 1. The van der Waals surface area contributed by atoms with E-state index < -0.39 is 5.63 Å². The predicted octanol–water partition coefficient (Wildman–Crippen LogP) is 4.05. The first-order chi connectivity index (χ1) is 16.1. The van der Waals surface area contributed by atoms with Gasteiger partial charge in [-0.25, -0.2) is 14.2 Å². The second-order valence-corrected chi connectivity index (χ2v) is 8.10. The van der Waals surface area contributed by atoms with Gasteiger partial charge >= 0.3 is 5.63 Å². The summed E-state index contributed by atoms with van der Waals surface area (Å²) in [5.74, 6) is 0.365. The van der Waals surface area contributed by atoms with E-state index in [-0.39, 0.29) is 24.1 Å². The third kappa shape index (κ3) is 5.03. The summed E-state index contributed by atoms with van der Waals surface area (Å²) in [4.78, 5) is 33.2. The number of para-hydroxylation sites is 1. The maximum absolute atomic E-state index is 13.8. The Morgan fingerprint density at radius 2 is 1.82 bits per heavy atom. The number of anilines is 2. The van der Waals surface area contributed by atoms with Crippen LogP contribution in [0.25, 0.3) is 21.7 Å². The lowest BCUT2D eigenvalue weighted by Gasteiger charge is -2.35. The normalized spacial score (nSPS) is 14.2. The van der Waals surface area contributed by atoms with Gasteiger partial charge in [-0.05, 0) is 35.7 Å². The van der Waals surface area contributed by atoms with Crippen LogP contribution in [0, 0.1) is 5.82 Å². The minimum absolute atomic E-state index is 0. The van der Waals surface area contributed by atoms with Crippen molar-refractivity contribution in [2.75, 3.05) is 42.9 Å². The second-order valence-electron chi connectivity index (χ2n) is 8.10. The summed E-state index contributed by atoms with van der Waals surface area (Å²) in [6, 6.07) is 15.1. The van der Waals surface area contributed by atoms with Gasteiger partial charge < -0.3 is 14.6 Å². The van der Waals surface area contributed by atoms with Gasteiger partial charge in [0.05, 0.1) is 5.69 Å². The lowest BCUT2D eigenvalue weighted by atomic mass is 10.1. The number of halogens is 2. The van der Waals surface area contributed by atoms with Crippen molar-refractivity contribution in [3.63, 3.8) is 0 Å². The van der Waals surface area contributed by atoms with Crippen molar-refractivity contribution in [2.24, 2.45) is 0 Å². The van der Waals surface area contributed by atoms with Crippen LogP contribution in [0.3, 0.4) is 0 Å². The fourth-order valence-corrected chi connectivity index (χ4v) is 4.25. The fourth-order valence-electron chi connectivity index (χ4n) is 4.25. The minimum atomic E-state index is -0.498. The Kier molecular flexibility index (Phi) is 7.09. The molecule has 5 rings (SSSR count). The van der Waals surface area contributed by atoms with E-state index in [4.69, 9.17) is 4.42 Å². The molecular formula is C25H24ClFN4O3. The van der Waals surface area contributed by atoms with Crippen LogP contribution in [0.1, 0.15) is 6.42 Å². The van der Waals surface area contributed by atoms with Gasteiger partial charge in [0.1, 0.15) is 17.2 Å². The monoisotopic (exact) mass is 482 g/mol. The van der Waals surface area contributed by atoms with Crippen molar-refractivity contribution in [1.29, 1.82) is 0 Å². The molecule has 0 aliphatic carbocycles. The summed E-state index contributed by atoms with van der Waals surface area (Å²) in [6.45, 7) is 3.65. The molecule has 0 atom stereocenters. The van der Waals surface area contributed by atoms with E-state index in [1.54, 1.807) is 30.5 Å². The first kappa shape index (κ1) is 23.7. The van der Waals surface area contributed by atoms with Crippen LogP contribution in [0.5, 0.6) is 0 Å². The summed E-state index contributed by atoms with van der Waals surface area (Å²) in [6.07, 6.45) is 2.06. The Bertz CT molecular complexity index is 1390. The predicted molar refractivity (Wildman–Crippen MR) is 133 cm³/mol. The van der Waals surface area contributed by atoms with E-state index in [0.29, 0.717) is 29.6 Å². The largest absolute Gasteiger partial charge is 0.423 e. The van der Waals surface area contributed by atoms with Crippen LogP contribution in [-0.2, 0) is 4.79 Å². The van der Waals surface area contributed by atoms with Crippen LogP contribution >= 0.6 is 12.4 Å². The van der Waals surface area contributed by atoms with Gasteiger partial charge in [-0.1, -0.05) is 18.2 Å². The lowest BCUT2D eigenvalue weighted by molar-refractivity contribution is -0.116. The fraction of sp³-hybridized carbons (Fsp3) is 0.240. The molecule has 7 nitrogen and oxygen atoms in total. The molecule has 9 heteroatoms. The van der Waals surface area contributed by atoms with Gasteiger partial charge in [0.15, 0.2) is 0 Å². The van der Waals surface area contributed by atoms with Crippen molar-refractivity contribution in [2.45, 2.75) is 6.42 Å². The van der Waals surface area contributed by atoms with E-state index >= 15 is 0 Å². The molecule has 0 radical (unpaired) electrons. The number of carbonyl (C=O) groups is 1. The minimum Gasteiger partial charge on any atom is -0.423 e. The Morgan fingerprint density at radius 1 is 1.03 bits per heavy atom. The SMILES string of the molecule is Cl.O=C(CCN1CCN(c2nccc3ccc(F)cc23)CC1)Nc1cc(=O)oc2ccccc12. The van der Waals surface area contributed by atoms with Crippen molar-refractivity contribution in [3.8, 4) is 0 Å². The average molecular weight is 483 g/mol. The quantitative estimate of drug-likeness (QED) is 0.432. The van der Waals surface area contributed by atoms with Crippen molar-refractivity contribution in [1.82, 2.24) is 9.88 Å². The van der Waals surface area contributed by atoms with E-state index in [9.17, 15) is 14.0 Å². The van der Waals surface area contributed by atoms with Gasteiger partial charge in [0, 0.05) is 62.2 Å². The summed E-state index contributed by atoms with van der Waals surface area (Å²) in [5.41, 5.74) is 0.409. The maximum Gasteiger partial charge on any atom is 0.338 e. The highest BCUT2D eigenvalue weighted by molar-refractivity contribution is 6.00. The van der Waals surface area contributed by atoms with Crippen LogP contribution < -0.4 is 15.8 Å². The zero-order valence-corrected chi connectivity index (χ0v) is 19.2. The van der Waals surface area contributed by atoms with E-state index in [1.165, 1.54) is 18.2 Å².